The first-order valence-electron chi connectivity index (χ1n) is 5.29. The summed E-state index contributed by atoms with van der Waals surface area (Å²) >= 11 is 4.82. The highest BCUT2D eigenvalue weighted by Gasteiger charge is 2.23. The molecule has 0 aliphatic heterocycles. The molecule has 0 amide bonds. The number of Topliss-reactive ketones (excluding diaryl/α,β-unsaturated/α-hetero) is 1. The van der Waals surface area contributed by atoms with Gasteiger partial charge in [-0.05, 0) is 19.1 Å². The number of carbonyl (C=O) groups is 2. The van der Waals surface area contributed by atoms with Crippen LogP contribution in [0.2, 0.25) is 0 Å². The van der Waals surface area contributed by atoms with E-state index in [1.807, 2.05) is 0 Å². The molecule has 100 valence electrons. The quantitative estimate of drug-likeness (QED) is 0.313. The van der Waals surface area contributed by atoms with Gasteiger partial charge in [0.15, 0.2) is 0 Å². The van der Waals surface area contributed by atoms with Crippen LogP contribution in [0, 0.1) is 0 Å². The molecule has 0 bridgehead atoms. The average Bonchev–Trinajstić information content (AvgIpc) is 2.85. The molecule has 0 aromatic carbocycles. The second-order valence-corrected chi connectivity index (χ2v) is 4.93. The summed E-state index contributed by atoms with van der Waals surface area (Å²) < 4.78 is 4.59. The molecule has 0 saturated carbocycles. The van der Waals surface area contributed by atoms with E-state index < -0.39 is 24.0 Å². The highest BCUT2D eigenvalue weighted by atomic mass is 32.1. The van der Waals surface area contributed by atoms with E-state index >= 15 is 0 Å². The standard InChI is InChI=1S/C11H14O5S2/c1-2-16-11(15)10(14)8-4-3-7(18-8)9(13)6(12)5-17/h3-4,6,9,12-13,17H,2,5H2,1H3. The van der Waals surface area contributed by atoms with Gasteiger partial charge >= 0.3 is 5.97 Å². The van der Waals surface area contributed by atoms with Crippen LogP contribution in [0.4, 0.5) is 0 Å². The highest BCUT2D eigenvalue weighted by Crippen LogP contribution is 2.26. The lowest BCUT2D eigenvalue weighted by atomic mass is 10.2. The van der Waals surface area contributed by atoms with Gasteiger partial charge in [-0.25, -0.2) is 4.79 Å². The van der Waals surface area contributed by atoms with Crippen molar-refractivity contribution in [2.45, 2.75) is 19.1 Å². The molecule has 1 heterocycles. The van der Waals surface area contributed by atoms with Crippen LogP contribution < -0.4 is 0 Å². The second kappa shape index (κ2) is 6.89. The third kappa shape index (κ3) is 3.55. The fourth-order valence-corrected chi connectivity index (χ4v) is 2.40. The van der Waals surface area contributed by atoms with Crippen LogP contribution in [0.15, 0.2) is 12.1 Å². The summed E-state index contributed by atoms with van der Waals surface area (Å²) in [7, 11) is 0. The van der Waals surface area contributed by atoms with E-state index in [0.29, 0.717) is 4.88 Å². The molecule has 1 aromatic rings. The Bertz CT molecular complexity index is 429. The molecule has 1 rings (SSSR count). The van der Waals surface area contributed by atoms with Crippen molar-refractivity contribution in [2.24, 2.45) is 0 Å². The van der Waals surface area contributed by atoms with Crippen molar-refractivity contribution in [3.8, 4) is 0 Å². The van der Waals surface area contributed by atoms with Gasteiger partial charge in [0, 0.05) is 10.6 Å². The first kappa shape index (κ1) is 15.2. The lowest BCUT2D eigenvalue weighted by Crippen LogP contribution is -2.18. The zero-order valence-electron chi connectivity index (χ0n) is 9.70. The molecular weight excluding hydrogens is 276 g/mol. The maximum Gasteiger partial charge on any atom is 0.380 e. The van der Waals surface area contributed by atoms with Gasteiger partial charge in [0.2, 0.25) is 0 Å². The van der Waals surface area contributed by atoms with Crippen molar-refractivity contribution in [3.05, 3.63) is 21.9 Å². The molecule has 7 heteroatoms. The number of hydrogen-bond donors (Lipinski definition) is 3. The zero-order chi connectivity index (χ0) is 13.7. The molecule has 5 nitrogen and oxygen atoms in total. The Kier molecular flexibility index (Phi) is 5.80. The topological polar surface area (TPSA) is 83.8 Å². The van der Waals surface area contributed by atoms with Gasteiger partial charge in [0.1, 0.15) is 6.10 Å². The largest absolute Gasteiger partial charge is 0.460 e. The van der Waals surface area contributed by atoms with Gasteiger partial charge in [-0.3, -0.25) is 4.79 Å². The summed E-state index contributed by atoms with van der Waals surface area (Å²) in [4.78, 5) is 23.4. The van der Waals surface area contributed by atoms with Crippen molar-refractivity contribution >= 4 is 35.7 Å². The van der Waals surface area contributed by atoms with E-state index in [-0.39, 0.29) is 17.2 Å². The molecular formula is C11H14O5S2. The Labute approximate surface area is 114 Å². The van der Waals surface area contributed by atoms with Crippen LogP contribution in [0.5, 0.6) is 0 Å². The first-order valence-corrected chi connectivity index (χ1v) is 6.74. The van der Waals surface area contributed by atoms with Crippen LogP contribution >= 0.6 is 24.0 Å². The number of hydrogen-bond acceptors (Lipinski definition) is 7. The maximum atomic E-state index is 11.6. The van der Waals surface area contributed by atoms with Crippen LogP contribution in [0.25, 0.3) is 0 Å². The van der Waals surface area contributed by atoms with Crippen LogP contribution in [-0.4, -0.2) is 40.4 Å². The van der Waals surface area contributed by atoms with E-state index in [2.05, 4.69) is 17.4 Å². The molecule has 0 saturated heterocycles. The van der Waals surface area contributed by atoms with Crippen molar-refractivity contribution < 1.29 is 24.5 Å². The number of aliphatic hydroxyl groups is 2. The number of rotatable bonds is 6. The Morgan fingerprint density at radius 3 is 2.67 bits per heavy atom. The summed E-state index contributed by atoms with van der Waals surface area (Å²) in [6.45, 7) is 1.74. The number of aliphatic hydroxyl groups excluding tert-OH is 2. The third-order valence-electron chi connectivity index (χ3n) is 2.15. The lowest BCUT2D eigenvalue weighted by molar-refractivity contribution is -0.137. The van der Waals surface area contributed by atoms with Gasteiger partial charge in [-0.15, -0.1) is 11.3 Å². The summed E-state index contributed by atoms with van der Waals surface area (Å²) in [6, 6.07) is 2.92. The van der Waals surface area contributed by atoms with Crippen LogP contribution in [0.1, 0.15) is 27.6 Å². The summed E-state index contributed by atoms with van der Waals surface area (Å²) in [5, 5.41) is 19.1. The normalized spacial score (nSPS) is 14.0. The Morgan fingerprint density at radius 1 is 1.44 bits per heavy atom. The number of esters is 1. The minimum absolute atomic E-state index is 0.0974. The van der Waals surface area contributed by atoms with Crippen molar-refractivity contribution in [1.82, 2.24) is 0 Å². The van der Waals surface area contributed by atoms with E-state index in [1.165, 1.54) is 12.1 Å². The molecule has 0 radical (unpaired) electrons. The molecule has 0 aliphatic rings. The molecule has 0 aliphatic carbocycles. The molecule has 0 spiro atoms. The molecule has 2 N–H and O–H groups in total. The Hall–Kier alpha value is -0.890. The minimum Gasteiger partial charge on any atom is -0.460 e. The number of ketones is 1. The fourth-order valence-electron chi connectivity index (χ4n) is 1.22. The van der Waals surface area contributed by atoms with Gasteiger partial charge in [0.05, 0.1) is 17.6 Å². The van der Waals surface area contributed by atoms with Crippen molar-refractivity contribution in [3.63, 3.8) is 0 Å². The van der Waals surface area contributed by atoms with E-state index in [4.69, 9.17) is 0 Å². The number of thiophene rings is 1. The summed E-state index contributed by atoms with van der Waals surface area (Å²) in [5.41, 5.74) is 0. The lowest BCUT2D eigenvalue weighted by Gasteiger charge is -2.13. The van der Waals surface area contributed by atoms with Crippen molar-refractivity contribution in [1.29, 1.82) is 0 Å². The smallest absolute Gasteiger partial charge is 0.380 e. The van der Waals surface area contributed by atoms with Gasteiger partial charge in [-0.1, -0.05) is 0 Å². The minimum atomic E-state index is -1.11. The SMILES string of the molecule is CCOC(=O)C(=O)c1ccc(C(O)C(O)CS)s1. The van der Waals surface area contributed by atoms with E-state index in [1.54, 1.807) is 6.92 Å². The number of ether oxygens (including phenoxy) is 1. The number of carbonyl (C=O) groups excluding carboxylic acids is 2. The molecule has 0 fully saturated rings. The fraction of sp³-hybridized carbons (Fsp3) is 0.455. The van der Waals surface area contributed by atoms with Crippen LogP contribution in [-0.2, 0) is 9.53 Å². The Morgan fingerprint density at radius 2 is 2.11 bits per heavy atom. The summed E-state index contributed by atoms with van der Waals surface area (Å²) in [5.74, 6) is -1.57. The van der Waals surface area contributed by atoms with Gasteiger partial charge in [0.25, 0.3) is 5.78 Å². The molecule has 2 atom stereocenters. The van der Waals surface area contributed by atoms with E-state index in [0.717, 1.165) is 11.3 Å². The Balaban J connectivity index is 2.80. The third-order valence-corrected chi connectivity index (χ3v) is 3.68. The maximum absolute atomic E-state index is 11.6. The molecule has 1 aromatic heterocycles. The second-order valence-electron chi connectivity index (χ2n) is 3.45. The van der Waals surface area contributed by atoms with E-state index in [9.17, 15) is 19.8 Å². The molecule has 18 heavy (non-hydrogen) atoms. The number of thiol groups is 1. The monoisotopic (exact) mass is 290 g/mol. The predicted octanol–water partition coefficient (Wildman–Crippen LogP) is 0.818. The van der Waals surface area contributed by atoms with Crippen LogP contribution in [0.3, 0.4) is 0 Å². The zero-order valence-corrected chi connectivity index (χ0v) is 11.4. The average molecular weight is 290 g/mol. The summed E-state index contributed by atoms with van der Waals surface area (Å²) in [6.07, 6.45) is -2.13. The van der Waals surface area contributed by atoms with Crippen molar-refractivity contribution in [2.75, 3.05) is 12.4 Å². The first-order chi connectivity index (χ1) is 8.51. The predicted molar refractivity (Wildman–Crippen MR) is 70.1 cm³/mol. The van der Waals surface area contributed by atoms with Gasteiger partial charge < -0.3 is 14.9 Å². The van der Waals surface area contributed by atoms with Gasteiger partial charge in [-0.2, -0.15) is 12.6 Å². The highest BCUT2D eigenvalue weighted by molar-refractivity contribution is 7.80. The molecule has 2 unspecified atom stereocenters.